The van der Waals surface area contributed by atoms with Gasteiger partial charge in [-0.05, 0) is 257 Å². The van der Waals surface area contributed by atoms with E-state index in [0.717, 1.165) is 135 Å². The van der Waals surface area contributed by atoms with Crippen LogP contribution in [-0.2, 0) is 10.8 Å². The van der Waals surface area contributed by atoms with Crippen molar-refractivity contribution in [3.05, 3.63) is 493 Å². The third-order valence-electron chi connectivity index (χ3n) is 26.2. The van der Waals surface area contributed by atoms with Crippen LogP contribution < -0.4 is 19.6 Å². The first kappa shape index (κ1) is 69.1. The second kappa shape index (κ2) is 27.3. The van der Waals surface area contributed by atoms with Crippen molar-refractivity contribution in [2.45, 2.75) is 10.8 Å². The molecule has 0 aliphatic heterocycles. The molecule has 21 aromatic rings. The van der Waals surface area contributed by atoms with Crippen LogP contribution in [-0.4, -0.2) is 0 Å². The molecule has 0 radical (unpaired) electrons. The highest BCUT2D eigenvalue weighted by Crippen LogP contribution is 2.69. The maximum absolute atomic E-state index is 7.31. The summed E-state index contributed by atoms with van der Waals surface area (Å²) in [5.41, 5.74) is 34.3. The zero-order valence-corrected chi connectivity index (χ0v) is 66.3. The lowest BCUT2D eigenvalue weighted by molar-refractivity contribution is 0.628. The summed E-state index contributed by atoms with van der Waals surface area (Å²) in [7, 11) is 0. The molecule has 2 aromatic heterocycles. The van der Waals surface area contributed by atoms with E-state index in [2.05, 4.69) is 469 Å². The van der Waals surface area contributed by atoms with E-state index in [0.29, 0.717) is 0 Å². The van der Waals surface area contributed by atoms with Gasteiger partial charge in [0, 0.05) is 95.6 Å². The number of fused-ring (bicyclic) bond motifs is 26. The molecule has 4 aliphatic rings. The number of nitrogens with zero attached hydrogens (tertiary/aromatic N) is 4. The van der Waals surface area contributed by atoms with Gasteiger partial charge in [-0.1, -0.05) is 291 Å². The second-order valence-electron chi connectivity index (χ2n) is 32.5. The maximum Gasteiger partial charge on any atom is 0.142 e. The van der Waals surface area contributed by atoms with Crippen molar-refractivity contribution in [2.75, 3.05) is 19.6 Å². The van der Waals surface area contributed by atoms with E-state index >= 15 is 0 Å². The molecule has 0 fully saturated rings. The number of anilines is 12. The fourth-order valence-corrected chi connectivity index (χ4v) is 21.1. The van der Waals surface area contributed by atoms with Gasteiger partial charge in [-0.3, -0.25) is 0 Å². The molecule has 6 nitrogen and oxygen atoms in total. The summed E-state index contributed by atoms with van der Waals surface area (Å²) >= 11 is 0. The van der Waals surface area contributed by atoms with Gasteiger partial charge in [0.25, 0.3) is 0 Å². The molecule has 4 aliphatic carbocycles. The molecule has 2 unspecified atom stereocenters. The van der Waals surface area contributed by atoms with Gasteiger partial charge in [-0.15, -0.1) is 0 Å². The van der Waals surface area contributed by atoms with Crippen LogP contribution in [0.2, 0.25) is 0 Å². The minimum atomic E-state index is -0.753. The van der Waals surface area contributed by atoms with Gasteiger partial charge in [0.15, 0.2) is 0 Å². The van der Waals surface area contributed by atoms with Crippen molar-refractivity contribution in [2.24, 2.45) is 0 Å². The molecule has 0 saturated heterocycles. The number of hydrogen-bond donors (Lipinski definition) is 0. The quantitative estimate of drug-likeness (QED) is 0.108. The molecule has 122 heavy (non-hydrogen) atoms. The zero-order chi connectivity index (χ0) is 80.1. The van der Waals surface area contributed by atoms with Crippen LogP contribution in [0, 0.1) is 0 Å². The zero-order valence-electron chi connectivity index (χ0n) is 66.3. The predicted molar refractivity (Wildman–Crippen MR) is 503 cm³/mol. The van der Waals surface area contributed by atoms with Crippen LogP contribution in [0.15, 0.2) is 458 Å². The first-order chi connectivity index (χ1) is 60.5. The van der Waals surface area contributed by atoms with Crippen LogP contribution in [0.4, 0.5) is 68.2 Å². The molecule has 0 N–H and O–H groups in total. The van der Waals surface area contributed by atoms with E-state index < -0.39 is 10.8 Å². The van der Waals surface area contributed by atoms with Crippen molar-refractivity contribution < 1.29 is 8.83 Å². The van der Waals surface area contributed by atoms with E-state index in [1.807, 2.05) is 0 Å². The Morgan fingerprint density at radius 3 is 1.08 bits per heavy atom. The smallest absolute Gasteiger partial charge is 0.142 e. The fourth-order valence-electron chi connectivity index (χ4n) is 21.1. The first-order valence-corrected chi connectivity index (χ1v) is 42.0. The van der Waals surface area contributed by atoms with Crippen LogP contribution >= 0.6 is 0 Å². The van der Waals surface area contributed by atoms with E-state index in [4.69, 9.17) is 8.83 Å². The monoisotopic (exact) mass is 1550 g/mol. The standard InChI is InChI=1S/C116H74N4O2/c1-6-31-81(32-7-1)117(82-33-8-2-9-34-82)89-63-67-97-95-42-19-23-47-102(95)116(105(97)72-89)106-74-91(65-69-98(106)113-111(116)99-43-20-24-50-108(99)121-113)119(87-61-58-75-28-16-17-29-79(75)70-87)86-59-56-77(57-60-86)76-52-54-78(55-53-76)92-45-26-30-80-71-88(62-66-93(80)92)118(83-35-10-3-11-36-83)90-64-68-96-94-41-18-22-46-101(94)115(104(96)73-90)103-48-27-49-107(110(103)114-112(115)100-44-21-25-51-109(100)122-114)120(84-37-12-4-13-38-84)85-39-14-5-15-40-85/h1-74H. The van der Waals surface area contributed by atoms with Gasteiger partial charge in [-0.2, -0.15) is 0 Å². The summed E-state index contributed by atoms with van der Waals surface area (Å²) in [6.45, 7) is 0. The summed E-state index contributed by atoms with van der Waals surface area (Å²) in [4.78, 5) is 9.65. The molecular formula is C116H74N4O2. The fraction of sp³-hybridized carbons (Fsp3) is 0.0172. The molecular weight excluding hydrogens is 1480 g/mol. The summed E-state index contributed by atoms with van der Waals surface area (Å²) in [5.74, 6) is 1.81. The van der Waals surface area contributed by atoms with Crippen molar-refractivity contribution in [3.63, 3.8) is 0 Å². The number of benzene rings is 19. The Morgan fingerprint density at radius 2 is 0.525 bits per heavy atom. The Balaban J connectivity index is 0.578. The Labute approximate surface area is 706 Å². The summed E-state index contributed by atoms with van der Waals surface area (Å²) < 4.78 is 14.5. The minimum Gasteiger partial charge on any atom is -0.456 e. The highest BCUT2D eigenvalue weighted by atomic mass is 16.3. The SMILES string of the molecule is c1ccc(N(c2ccccc2)c2ccc3c(c2)C2(c4ccccc4-3)c3cc(N(c4ccc(-c5ccc(-c6cccc7cc(N(c8ccccc8)c8ccc9c(c8)C8(c%10ccccc%10-9)c9cccc(N(c%10ccccc%10)c%10ccccc%10)c9-c9oc%10ccccc%10c98)ccc67)cc5)cc4)c4ccc5ccccc5c4)ccc3-c3oc4ccccc4c32)cc1. The summed E-state index contributed by atoms with van der Waals surface area (Å²) in [5, 5.41) is 6.90. The maximum atomic E-state index is 7.31. The Hall–Kier alpha value is -16.0. The second-order valence-corrected chi connectivity index (χ2v) is 32.5. The molecule has 570 valence electrons. The van der Waals surface area contributed by atoms with E-state index in [1.54, 1.807) is 0 Å². The van der Waals surface area contributed by atoms with Crippen LogP contribution in [0.1, 0.15) is 44.5 Å². The van der Waals surface area contributed by atoms with Gasteiger partial charge >= 0.3 is 0 Å². The number of rotatable bonds is 14. The molecule has 0 amide bonds. The molecule has 2 heterocycles. The summed E-state index contributed by atoms with van der Waals surface area (Å²) in [6, 6.07) is 165. The molecule has 19 aromatic carbocycles. The third kappa shape index (κ3) is 10.3. The lowest BCUT2D eigenvalue weighted by Crippen LogP contribution is -2.26. The Morgan fingerprint density at radius 1 is 0.180 bits per heavy atom. The molecule has 6 heteroatoms. The highest BCUT2D eigenvalue weighted by molar-refractivity contribution is 6.09. The van der Waals surface area contributed by atoms with Crippen LogP contribution in [0.25, 0.3) is 111 Å². The van der Waals surface area contributed by atoms with Crippen LogP contribution in [0.3, 0.4) is 0 Å². The molecule has 0 bridgehead atoms. The minimum absolute atomic E-state index is 0.743. The number of hydrogen-bond acceptors (Lipinski definition) is 6. The molecule has 2 spiro atoms. The van der Waals surface area contributed by atoms with E-state index in [-0.39, 0.29) is 0 Å². The van der Waals surface area contributed by atoms with Gasteiger partial charge < -0.3 is 28.4 Å². The van der Waals surface area contributed by atoms with Crippen molar-refractivity contribution >= 4 is 112 Å². The topological polar surface area (TPSA) is 39.2 Å². The van der Waals surface area contributed by atoms with Crippen molar-refractivity contribution in [1.82, 2.24) is 0 Å². The van der Waals surface area contributed by atoms with Crippen molar-refractivity contribution in [1.29, 1.82) is 0 Å². The van der Waals surface area contributed by atoms with E-state index in [1.165, 1.54) is 88.5 Å². The Kier molecular flexibility index (Phi) is 15.5. The summed E-state index contributed by atoms with van der Waals surface area (Å²) in [6.07, 6.45) is 0. The lowest BCUT2D eigenvalue weighted by atomic mass is 9.70. The number of para-hydroxylation sites is 7. The molecule has 25 rings (SSSR count). The molecule has 0 saturated carbocycles. The predicted octanol–water partition coefficient (Wildman–Crippen LogP) is 31.4. The average Bonchev–Trinajstić information content (AvgIpc) is 1.50. The van der Waals surface area contributed by atoms with E-state index in [9.17, 15) is 0 Å². The van der Waals surface area contributed by atoms with Crippen molar-refractivity contribution in [3.8, 4) is 67.2 Å². The molecule has 2 atom stereocenters. The van der Waals surface area contributed by atoms with Gasteiger partial charge in [-0.25, -0.2) is 0 Å². The van der Waals surface area contributed by atoms with Gasteiger partial charge in [0.2, 0.25) is 0 Å². The Bertz CT molecular complexity index is 7690. The van der Waals surface area contributed by atoms with Gasteiger partial charge in [0.1, 0.15) is 22.7 Å². The first-order valence-electron chi connectivity index (χ1n) is 42.0. The average molecular weight is 1560 g/mol. The van der Waals surface area contributed by atoms with Gasteiger partial charge in [0.05, 0.1) is 16.5 Å². The largest absolute Gasteiger partial charge is 0.456 e. The van der Waals surface area contributed by atoms with Crippen LogP contribution in [0.5, 0.6) is 0 Å². The third-order valence-corrected chi connectivity index (χ3v) is 26.2. The lowest BCUT2D eigenvalue weighted by Gasteiger charge is -2.33. The normalized spacial score (nSPS) is 14.6. The highest BCUT2D eigenvalue weighted by Gasteiger charge is 2.57. The number of furan rings is 2.